The molecule has 0 saturated heterocycles. The standard InChI is InChI=1S/C23H24F2N6O3/c1-14(2)34-23(32)30-7-6-18(15(3)11-30)16-8-19(24)21(26-10-16)12-33-22-5-4-17(9-20(22)25)31-13-27-28-29-31/h4-6,8-10,13-15H,7,11-12H2,1-3H3. The van der Waals surface area contributed by atoms with Gasteiger partial charge in [0.05, 0.1) is 11.8 Å². The Morgan fingerprint density at radius 3 is 2.71 bits per heavy atom. The van der Waals surface area contributed by atoms with E-state index in [2.05, 4.69) is 20.5 Å². The minimum atomic E-state index is -0.633. The number of pyridine rings is 1. The van der Waals surface area contributed by atoms with Crippen molar-refractivity contribution in [2.75, 3.05) is 13.1 Å². The SMILES string of the molecule is CC(C)OC(=O)N1CC=C(c2cnc(COc3ccc(-n4cnnn4)cc3F)c(F)c2)C(C)C1. The highest BCUT2D eigenvalue weighted by Crippen LogP contribution is 2.29. The molecule has 0 radical (unpaired) electrons. The zero-order valence-electron chi connectivity index (χ0n) is 19.0. The molecule has 1 aromatic carbocycles. The van der Waals surface area contributed by atoms with Gasteiger partial charge in [-0.1, -0.05) is 13.0 Å². The molecule has 3 heterocycles. The monoisotopic (exact) mass is 470 g/mol. The van der Waals surface area contributed by atoms with E-state index in [4.69, 9.17) is 9.47 Å². The number of carbonyl (C=O) groups is 1. The number of benzene rings is 1. The minimum absolute atomic E-state index is 0.0236. The summed E-state index contributed by atoms with van der Waals surface area (Å²) in [5.74, 6) is -1.26. The third-order valence-corrected chi connectivity index (χ3v) is 5.30. The van der Waals surface area contributed by atoms with E-state index in [1.807, 2.05) is 13.0 Å². The Morgan fingerprint density at radius 1 is 1.24 bits per heavy atom. The van der Waals surface area contributed by atoms with Crippen LogP contribution in [0.25, 0.3) is 11.3 Å². The van der Waals surface area contributed by atoms with Gasteiger partial charge in [0, 0.05) is 25.4 Å². The van der Waals surface area contributed by atoms with E-state index >= 15 is 0 Å². The van der Waals surface area contributed by atoms with Crippen molar-refractivity contribution in [2.45, 2.75) is 33.5 Å². The number of amides is 1. The van der Waals surface area contributed by atoms with Crippen LogP contribution in [0.4, 0.5) is 13.6 Å². The van der Waals surface area contributed by atoms with E-state index < -0.39 is 11.6 Å². The lowest BCUT2D eigenvalue weighted by Crippen LogP contribution is -2.39. The van der Waals surface area contributed by atoms with Gasteiger partial charge in [0.15, 0.2) is 11.6 Å². The van der Waals surface area contributed by atoms with Gasteiger partial charge in [0.2, 0.25) is 0 Å². The van der Waals surface area contributed by atoms with E-state index in [0.29, 0.717) is 24.3 Å². The van der Waals surface area contributed by atoms with Gasteiger partial charge in [-0.05, 0) is 59.5 Å². The Kier molecular flexibility index (Phi) is 6.80. The minimum Gasteiger partial charge on any atom is -0.484 e. The van der Waals surface area contributed by atoms with Crippen molar-refractivity contribution >= 4 is 11.7 Å². The quantitative estimate of drug-likeness (QED) is 0.541. The van der Waals surface area contributed by atoms with Crippen molar-refractivity contribution in [3.63, 3.8) is 0 Å². The Labute approximate surface area is 195 Å². The van der Waals surface area contributed by atoms with Gasteiger partial charge < -0.3 is 14.4 Å². The number of tetrazole rings is 1. The molecule has 0 saturated carbocycles. The maximum Gasteiger partial charge on any atom is 0.410 e. The first kappa shape index (κ1) is 23.3. The lowest BCUT2D eigenvalue weighted by molar-refractivity contribution is 0.0769. The molecule has 0 aliphatic carbocycles. The first-order valence-corrected chi connectivity index (χ1v) is 10.8. The lowest BCUT2D eigenvalue weighted by atomic mass is 9.91. The Bertz CT molecular complexity index is 1200. The second-order valence-electron chi connectivity index (χ2n) is 8.21. The van der Waals surface area contributed by atoms with Gasteiger partial charge in [0.25, 0.3) is 0 Å². The van der Waals surface area contributed by atoms with Crippen LogP contribution >= 0.6 is 0 Å². The van der Waals surface area contributed by atoms with Crippen LogP contribution in [0.5, 0.6) is 5.75 Å². The van der Waals surface area contributed by atoms with Crippen LogP contribution in [0, 0.1) is 17.6 Å². The number of carbonyl (C=O) groups excluding carboxylic acids is 1. The summed E-state index contributed by atoms with van der Waals surface area (Å²) < 4.78 is 41.1. The summed E-state index contributed by atoms with van der Waals surface area (Å²) in [4.78, 5) is 17.9. The predicted octanol–water partition coefficient (Wildman–Crippen LogP) is 3.79. The van der Waals surface area contributed by atoms with Gasteiger partial charge in [-0.15, -0.1) is 5.10 Å². The number of halogens is 2. The molecule has 1 unspecified atom stereocenters. The number of hydrogen-bond acceptors (Lipinski definition) is 7. The second-order valence-corrected chi connectivity index (χ2v) is 8.21. The van der Waals surface area contributed by atoms with E-state index in [1.165, 1.54) is 29.2 Å². The van der Waals surface area contributed by atoms with Crippen LogP contribution in [-0.4, -0.2) is 55.4 Å². The summed E-state index contributed by atoms with van der Waals surface area (Å²) >= 11 is 0. The van der Waals surface area contributed by atoms with Crippen molar-refractivity contribution in [3.8, 4) is 11.4 Å². The Hall–Kier alpha value is -3.89. The third-order valence-electron chi connectivity index (χ3n) is 5.30. The molecule has 2 aromatic heterocycles. The molecule has 9 nitrogen and oxygen atoms in total. The summed E-state index contributed by atoms with van der Waals surface area (Å²) in [6.07, 6.45) is 4.21. The molecule has 0 spiro atoms. The van der Waals surface area contributed by atoms with Crippen molar-refractivity contribution in [3.05, 3.63) is 65.8 Å². The predicted molar refractivity (Wildman–Crippen MR) is 118 cm³/mol. The molecule has 11 heteroatoms. The summed E-state index contributed by atoms with van der Waals surface area (Å²) in [5, 5.41) is 10.7. The zero-order chi connectivity index (χ0) is 24.2. The number of hydrogen-bond donors (Lipinski definition) is 0. The number of rotatable bonds is 6. The fraction of sp³-hybridized carbons (Fsp3) is 0.348. The summed E-state index contributed by atoms with van der Waals surface area (Å²) in [7, 11) is 0. The smallest absolute Gasteiger partial charge is 0.410 e. The first-order valence-electron chi connectivity index (χ1n) is 10.8. The number of ether oxygens (including phenoxy) is 2. The molecule has 1 atom stereocenters. The fourth-order valence-electron chi connectivity index (χ4n) is 3.65. The average Bonchev–Trinajstić information content (AvgIpc) is 3.33. The highest BCUT2D eigenvalue weighted by Gasteiger charge is 2.25. The zero-order valence-corrected chi connectivity index (χ0v) is 19.0. The lowest BCUT2D eigenvalue weighted by Gasteiger charge is -2.31. The molecule has 178 valence electrons. The van der Waals surface area contributed by atoms with Crippen LogP contribution < -0.4 is 4.74 Å². The molecule has 0 bridgehead atoms. The average molecular weight is 470 g/mol. The molecule has 4 rings (SSSR count). The second kappa shape index (κ2) is 9.94. The third kappa shape index (κ3) is 5.19. The maximum atomic E-state index is 14.8. The fourth-order valence-corrected chi connectivity index (χ4v) is 3.65. The molecule has 34 heavy (non-hydrogen) atoms. The highest BCUT2D eigenvalue weighted by molar-refractivity contribution is 5.73. The topological polar surface area (TPSA) is 95.3 Å². The van der Waals surface area contributed by atoms with Crippen LogP contribution in [-0.2, 0) is 11.3 Å². The van der Waals surface area contributed by atoms with Gasteiger partial charge in [0.1, 0.15) is 24.4 Å². The van der Waals surface area contributed by atoms with Crippen LogP contribution in [0.2, 0.25) is 0 Å². The summed E-state index contributed by atoms with van der Waals surface area (Å²) in [6, 6.07) is 5.60. The highest BCUT2D eigenvalue weighted by atomic mass is 19.1. The van der Waals surface area contributed by atoms with E-state index in [0.717, 1.165) is 5.57 Å². The van der Waals surface area contributed by atoms with Crippen LogP contribution in [0.15, 0.2) is 42.9 Å². The van der Waals surface area contributed by atoms with Crippen LogP contribution in [0.1, 0.15) is 32.0 Å². The number of nitrogens with zero attached hydrogens (tertiary/aromatic N) is 6. The largest absolute Gasteiger partial charge is 0.484 e. The van der Waals surface area contributed by atoms with Gasteiger partial charge in [-0.3, -0.25) is 4.98 Å². The van der Waals surface area contributed by atoms with E-state index in [-0.39, 0.29) is 36.2 Å². The molecular weight excluding hydrogens is 446 g/mol. The van der Waals surface area contributed by atoms with Gasteiger partial charge in [-0.2, -0.15) is 0 Å². The molecule has 1 aliphatic heterocycles. The van der Waals surface area contributed by atoms with Crippen molar-refractivity contribution < 1.29 is 23.0 Å². The molecule has 3 aromatic rings. The Morgan fingerprint density at radius 2 is 2.06 bits per heavy atom. The van der Waals surface area contributed by atoms with Crippen molar-refractivity contribution in [1.29, 1.82) is 0 Å². The maximum absolute atomic E-state index is 14.8. The van der Waals surface area contributed by atoms with Gasteiger partial charge >= 0.3 is 6.09 Å². The van der Waals surface area contributed by atoms with E-state index in [1.54, 1.807) is 31.0 Å². The molecule has 1 aliphatic rings. The summed E-state index contributed by atoms with van der Waals surface area (Å²) in [6.45, 7) is 6.15. The molecule has 1 amide bonds. The van der Waals surface area contributed by atoms with E-state index in [9.17, 15) is 13.6 Å². The molecule has 0 fully saturated rings. The van der Waals surface area contributed by atoms with Crippen molar-refractivity contribution in [2.24, 2.45) is 5.92 Å². The number of aromatic nitrogens is 5. The van der Waals surface area contributed by atoms with Crippen molar-refractivity contribution in [1.82, 2.24) is 30.1 Å². The van der Waals surface area contributed by atoms with Crippen LogP contribution in [0.3, 0.4) is 0 Å². The summed E-state index contributed by atoms with van der Waals surface area (Å²) in [5.41, 5.74) is 2.01. The molecular formula is C23H24F2N6O3. The molecule has 0 N–H and O–H groups in total. The van der Waals surface area contributed by atoms with Gasteiger partial charge in [-0.25, -0.2) is 18.3 Å². The Balaban J connectivity index is 1.42. The normalized spacial score (nSPS) is 15.9. The first-order chi connectivity index (χ1) is 16.3.